The zero-order valence-corrected chi connectivity index (χ0v) is 13.2. The second kappa shape index (κ2) is 6.92. The first-order valence-corrected chi connectivity index (χ1v) is 7.30. The van der Waals surface area contributed by atoms with Gasteiger partial charge in [-0.3, -0.25) is 0 Å². The summed E-state index contributed by atoms with van der Waals surface area (Å²) in [4.78, 5) is 0. The van der Waals surface area contributed by atoms with Crippen LogP contribution in [0.15, 0.2) is 36.4 Å². The van der Waals surface area contributed by atoms with Crippen molar-refractivity contribution < 1.29 is 9.13 Å². The summed E-state index contributed by atoms with van der Waals surface area (Å²) in [5.74, 6) is 0.927. The van der Waals surface area contributed by atoms with Crippen molar-refractivity contribution in [1.29, 1.82) is 0 Å². The van der Waals surface area contributed by atoms with Crippen LogP contribution >= 0.6 is 11.6 Å². The van der Waals surface area contributed by atoms with Gasteiger partial charge in [-0.2, -0.15) is 0 Å². The lowest BCUT2D eigenvalue weighted by atomic mass is 10.1. The van der Waals surface area contributed by atoms with Gasteiger partial charge in [-0.15, -0.1) is 0 Å². The molecule has 2 aromatic rings. The molecule has 4 heteroatoms. The van der Waals surface area contributed by atoms with E-state index in [0.29, 0.717) is 28.6 Å². The van der Waals surface area contributed by atoms with Gasteiger partial charge in [0.25, 0.3) is 0 Å². The van der Waals surface area contributed by atoms with Crippen molar-refractivity contribution in [3.05, 3.63) is 58.4 Å². The second-order valence-corrected chi connectivity index (χ2v) is 5.70. The number of hydrogen-bond acceptors (Lipinski definition) is 2. The van der Waals surface area contributed by atoms with Gasteiger partial charge in [0.2, 0.25) is 0 Å². The van der Waals surface area contributed by atoms with Crippen LogP contribution < -0.4 is 10.1 Å². The molecule has 0 fully saturated rings. The molecule has 0 amide bonds. The molecule has 2 rings (SSSR count). The average molecular weight is 308 g/mol. The predicted octanol–water partition coefficient (Wildman–Crippen LogP) is 5.08. The van der Waals surface area contributed by atoms with Crippen LogP contribution in [0.25, 0.3) is 0 Å². The van der Waals surface area contributed by atoms with Gasteiger partial charge in [-0.25, -0.2) is 4.39 Å². The van der Waals surface area contributed by atoms with Crippen LogP contribution in [-0.4, -0.2) is 6.04 Å². The van der Waals surface area contributed by atoms with Gasteiger partial charge in [-0.05, 0) is 42.8 Å². The van der Waals surface area contributed by atoms with Crippen LogP contribution in [0.2, 0.25) is 5.02 Å². The van der Waals surface area contributed by atoms with Crippen LogP contribution in [0.4, 0.5) is 4.39 Å². The number of rotatable bonds is 5. The Kier molecular flexibility index (Phi) is 5.21. The van der Waals surface area contributed by atoms with Crippen molar-refractivity contribution in [3.63, 3.8) is 0 Å². The van der Waals surface area contributed by atoms with Crippen molar-refractivity contribution in [2.24, 2.45) is 0 Å². The third-order valence-electron chi connectivity index (χ3n) is 3.12. The van der Waals surface area contributed by atoms with E-state index < -0.39 is 0 Å². The minimum Gasteiger partial charge on any atom is -0.457 e. The third kappa shape index (κ3) is 4.19. The number of ether oxygens (including phenoxy) is 1. The lowest BCUT2D eigenvalue weighted by Crippen LogP contribution is -2.22. The lowest BCUT2D eigenvalue weighted by Gasteiger charge is -2.15. The fraction of sp³-hybridized carbons (Fsp3) is 0.294. The average Bonchev–Trinajstić information content (AvgIpc) is 2.41. The van der Waals surface area contributed by atoms with E-state index in [1.807, 2.05) is 26.8 Å². The standard InChI is InChI=1S/C17H19ClFNO/c1-11(2)20-10-14-15(19)5-4-6-17(14)21-16-8-7-13(18)9-12(16)3/h4-9,11,20H,10H2,1-3H3. The fourth-order valence-electron chi connectivity index (χ4n) is 1.96. The van der Waals surface area contributed by atoms with Crippen molar-refractivity contribution in [1.82, 2.24) is 5.32 Å². The molecule has 2 nitrogen and oxygen atoms in total. The van der Waals surface area contributed by atoms with Crippen molar-refractivity contribution in [2.45, 2.75) is 33.4 Å². The first kappa shape index (κ1) is 15.8. The zero-order valence-electron chi connectivity index (χ0n) is 12.4. The van der Waals surface area contributed by atoms with Gasteiger partial charge >= 0.3 is 0 Å². The summed E-state index contributed by atoms with van der Waals surface area (Å²) in [5, 5.41) is 3.86. The maximum atomic E-state index is 14.0. The summed E-state index contributed by atoms with van der Waals surface area (Å²) in [7, 11) is 0. The smallest absolute Gasteiger partial charge is 0.134 e. The normalized spacial score (nSPS) is 11.0. The van der Waals surface area contributed by atoms with Gasteiger partial charge in [-0.1, -0.05) is 31.5 Å². The Morgan fingerprint density at radius 3 is 2.62 bits per heavy atom. The number of aryl methyl sites for hydroxylation is 1. The van der Waals surface area contributed by atoms with E-state index in [1.54, 1.807) is 24.3 Å². The van der Waals surface area contributed by atoms with E-state index in [4.69, 9.17) is 16.3 Å². The van der Waals surface area contributed by atoms with Gasteiger partial charge in [0.05, 0.1) is 0 Å². The topological polar surface area (TPSA) is 21.3 Å². The van der Waals surface area contributed by atoms with E-state index in [9.17, 15) is 4.39 Å². The minimum absolute atomic E-state index is 0.271. The highest BCUT2D eigenvalue weighted by Gasteiger charge is 2.12. The Morgan fingerprint density at radius 2 is 1.95 bits per heavy atom. The van der Waals surface area contributed by atoms with Crippen molar-refractivity contribution >= 4 is 11.6 Å². The molecule has 21 heavy (non-hydrogen) atoms. The summed E-state index contributed by atoms with van der Waals surface area (Å²) < 4.78 is 19.9. The lowest BCUT2D eigenvalue weighted by molar-refractivity contribution is 0.455. The van der Waals surface area contributed by atoms with Crippen LogP contribution in [0.5, 0.6) is 11.5 Å². The molecule has 0 spiro atoms. The fourth-order valence-corrected chi connectivity index (χ4v) is 2.18. The molecule has 0 unspecified atom stereocenters. The Hall–Kier alpha value is -1.58. The first-order valence-electron chi connectivity index (χ1n) is 6.92. The molecule has 0 aliphatic carbocycles. The van der Waals surface area contributed by atoms with Gasteiger partial charge in [0, 0.05) is 23.2 Å². The molecule has 2 aromatic carbocycles. The number of benzene rings is 2. The van der Waals surface area contributed by atoms with Crippen molar-refractivity contribution in [2.75, 3.05) is 0 Å². The maximum Gasteiger partial charge on any atom is 0.134 e. The largest absolute Gasteiger partial charge is 0.457 e. The molecule has 0 aliphatic heterocycles. The highest BCUT2D eigenvalue weighted by Crippen LogP contribution is 2.30. The number of halogens is 2. The summed E-state index contributed by atoms with van der Waals surface area (Å²) in [6.07, 6.45) is 0. The van der Waals surface area contributed by atoms with Crippen molar-refractivity contribution in [3.8, 4) is 11.5 Å². The molecule has 0 saturated carbocycles. The molecular weight excluding hydrogens is 289 g/mol. The van der Waals surface area contributed by atoms with E-state index in [2.05, 4.69) is 5.32 Å². The Bertz CT molecular complexity index is 628. The molecule has 112 valence electrons. The highest BCUT2D eigenvalue weighted by molar-refractivity contribution is 6.30. The van der Waals surface area contributed by atoms with Crippen LogP contribution in [0.1, 0.15) is 25.0 Å². The minimum atomic E-state index is -0.271. The monoisotopic (exact) mass is 307 g/mol. The molecular formula is C17H19ClFNO. The molecule has 0 aliphatic rings. The molecule has 0 radical (unpaired) electrons. The Balaban J connectivity index is 2.28. The van der Waals surface area contributed by atoms with Gasteiger partial charge in [0.1, 0.15) is 17.3 Å². The number of hydrogen-bond donors (Lipinski definition) is 1. The van der Waals surface area contributed by atoms with Gasteiger partial charge < -0.3 is 10.1 Å². The van der Waals surface area contributed by atoms with Crippen LogP contribution in [0, 0.1) is 12.7 Å². The molecule has 0 heterocycles. The second-order valence-electron chi connectivity index (χ2n) is 5.26. The maximum absolute atomic E-state index is 14.0. The van der Waals surface area contributed by atoms with Gasteiger partial charge in [0.15, 0.2) is 0 Å². The predicted molar refractivity (Wildman–Crippen MR) is 84.6 cm³/mol. The summed E-state index contributed by atoms with van der Waals surface area (Å²) >= 11 is 5.94. The quantitative estimate of drug-likeness (QED) is 0.832. The SMILES string of the molecule is Cc1cc(Cl)ccc1Oc1cccc(F)c1CNC(C)C. The molecule has 0 aromatic heterocycles. The third-order valence-corrected chi connectivity index (χ3v) is 3.35. The Labute approximate surface area is 129 Å². The van der Waals surface area contributed by atoms with E-state index in [-0.39, 0.29) is 11.9 Å². The summed E-state index contributed by atoms with van der Waals surface area (Å²) in [5.41, 5.74) is 1.44. The van der Waals surface area contributed by atoms with E-state index >= 15 is 0 Å². The molecule has 1 N–H and O–H groups in total. The summed E-state index contributed by atoms with van der Waals surface area (Å²) in [6.45, 7) is 6.37. The summed E-state index contributed by atoms with van der Waals surface area (Å²) in [6, 6.07) is 10.5. The Morgan fingerprint density at radius 1 is 1.19 bits per heavy atom. The van der Waals surface area contributed by atoms with Crippen LogP contribution in [-0.2, 0) is 6.54 Å². The number of nitrogens with one attached hydrogen (secondary N) is 1. The molecule has 0 saturated heterocycles. The molecule has 0 atom stereocenters. The first-order chi connectivity index (χ1) is 9.97. The van der Waals surface area contributed by atoms with Crippen LogP contribution in [0.3, 0.4) is 0 Å². The molecule has 0 bridgehead atoms. The van der Waals surface area contributed by atoms with E-state index in [0.717, 1.165) is 5.56 Å². The van der Waals surface area contributed by atoms with E-state index in [1.165, 1.54) is 6.07 Å². The highest BCUT2D eigenvalue weighted by atomic mass is 35.5. The zero-order chi connectivity index (χ0) is 15.4.